The van der Waals surface area contributed by atoms with Crippen LogP contribution in [0, 0.1) is 0 Å². The first-order valence-electron chi connectivity index (χ1n) is 25.4. The van der Waals surface area contributed by atoms with Gasteiger partial charge in [-0.1, -0.05) is 194 Å². The summed E-state index contributed by atoms with van der Waals surface area (Å²) in [6.45, 7) is 0. The maximum Gasteiger partial charge on any atom is 0.0629 e. The van der Waals surface area contributed by atoms with Crippen molar-refractivity contribution in [3.63, 3.8) is 0 Å². The molecule has 0 N–H and O–H groups in total. The molecule has 0 radical (unpaired) electrons. The van der Waals surface area contributed by atoms with Gasteiger partial charge < -0.3 is 9.47 Å². The zero-order valence-electron chi connectivity index (χ0n) is 43.4. The number of hydrogen-bond donors (Lipinski definition) is 0. The largest absolute Gasteiger partial charge is 0.310 e. The molecule has 0 amide bonds. The first-order valence-corrected chi connectivity index (χ1v) is 20.4. The van der Waals surface area contributed by atoms with E-state index in [0.717, 1.165) is 72.2 Å². The molecule has 10 aromatic carbocycles. The van der Waals surface area contributed by atoms with Crippen molar-refractivity contribution in [3.05, 3.63) is 255 Å². The van der Waals surface area contributed by atoms with Gasteiger partial charge in [0.25, 0.3) is 0 Å². The Kier molecular flexibility index (Phi) is 7.15. The highest BCUT2D eigenvalue weighted by atomic mass is 15.1. The van der Waals surface area contributed by atoms with E-state index in [9.17, 15) is 0 Å². The summed E-state index contributed by atoms with van der Waals surface area (Å²) in [5.41, 5.74) is 11.5. The Morgan fingerprint density at radius 2 is 0.855 bits per heavy atom. The molecule has 0 aliphatic heterocycles. The van der Waals surface area contributed by atoms with Gasteiger partial charge in [-0.3, -0.25) is 0 Å². The van der Waals surface area contributed by atoms with Gasteiger partial charge in [0.05, 0.1) is 30.4 Å². The van der Waals surface area contributed by atoms with Crippen LogP contribution in [0.3, 0.4) is 0 Å². The molecule has 0 atom stereocenters. The van der Waals surface area contributed by atoms with Crippen LogP contribution >= 0.6 is 0 Å². The summed E-state index contributed by atoms with van der Waals surface area (Å²) in [6, 6.07) is 60.3. The fourth-order valence-electron chi connectivity index (χ4n) is 8.52. The van der Waals surface area contributed by atoms with Crippen LogP contribution in [0.4, 0.5) is 17.1 Å². The summed E-state index contributed by atoms with van der Waals surface area (Å²) in [4.78, 5) is 2.25. The molecule has 0 fully saturated rings. The summed E-state index contributed by atoms with van der Waals surface area (Å²) in [5.74, 6) is 0. The fraction of sp³-hybridized carbons (Fsp3) is 0. The standard InChI is InChI=1S/C60H42N2/c1-5-18-43(19-6-1)47-24-17-27-52(40-47)61(50-25-11-4-12-26-50)51-36-32-46(33-37-51)53-28-13-14-29-54(53)49-34-38-56-55-30-15-16-31-58(55)62(60(56)42-49)59-39-35-48(44-20-7-2-8-21-44)41-57(59)45-22-9-3-10-23-45/h1-42H/i2D,3D,7D,8D,9D,10D,20D,21D,22D,23D. The zero-order chi connectivity index (χ0) is 49.9. The molecule has 11 rings (SSSR count). The quantitative estimate of drug-likeness (QED) is 0.141. The number of para-hydroxylation sites is 2. The van der Waals surface area contributed by atoms with E-state index in [1.54, 1.807) is 18.2 Å². The van der Waals surface area contributed by atoms with Crippen molar-refractivity contribution >= 4 is 38.9 Å². The molecule has 0 saturated carbocycles. The van der Waals surface area contributed by atoms with Crippen LogP contribution in [0.5, 0.6) is 0 Å². The number of rotatable bonds is 9. The van der Waals surface area contributed by atoms with Crippen molar-refractivity contribution in [3.8, 4) is 61.3 Å². The van der Waals surface area contributed by atoms with E-state index >= 15 is 0 Å². The summed E-state index contributed by atoms with van der Waals surface area (Å²) in [7, 11) is 0. The second-order valence-corrected chi connectivity index (χ2v) is 15.0. The van der Waals surface area contributed by atoms with Crippen LogP contribution in [0.2, 0.25) is 0 Å². The predicted molar refractivity (Wildman–Crippen MR) is 263 cm³/mol. The summed E-state index contributed by atoms with van der Waals surface area (Å²) in [6.07, 6.45) is 0. The first kappa shape index (κ1) is 27.5. The van der Waals surface area contributed by atoms with Crippen molar-refractivity contribution in [1.82, 2.24) is 4.57 Å². The minimum absolute atomic E-state index is 0.0691. The lowest BCUT2D eigenvalue weighted by Crippen LogP contribution is -2.09. The van der Waals surface area contributed by atoms with Gasteiger partial charge in [-0.25, -0.2) is 0 Å². The Hall–Kier alpha value is -8.20. The summed E-state index contributed by atoms with van der Waals surface area (Å²) < 4.78 is 88.8. The molecule has 62 heavy (non-hydrogen) atoms. The zero-order valence-corrected chi connectivity index (χ0v) is 33.4. The Morgan fingerprint density at radius 1 is 0.306 bits per heavy atom. The van der Waals surface area contributed by atoms with Crippen LogP contribution < -0.4 is 4.90 Å². The number of fused-ring (bicyclic) bond motifs is 3. The molecule has 1 aromatic heterocycles. The van der Waals surface area contributed by atoms with Gasteiger partial charge in [0.2, 0.25) is 0 Å². The Labute approximate surface area is 376 Å². The molecule has 0 unspecified atom stereocenters. The number of benzene rings is 10. The van der Waals surface area contributed by atoms with E-state index in [-0.39, 0.29) is 22.3 Å². The van der Waals surface area contributed by atoms with Crippen molar-refractivity contribution in [1.29, 1.82) is 0 Å². The lowest BCUT2D eigenvalue weighted by molar-refractivity contribution is 1.18. The highest BCUT2D eigenvalue weighted by Gasteiger charge is 2.19. The molecule has 0 saturated heterocycles. The number of nitrogens with zero attached hydrogens (tertiary/aromatic N) is 2. The predicted octanol–water partition coefficient (Wildman–Crippen LogP) is 16.6. The Balaban J connectivity index is 1.07. The van der Waals surface area contributed by atoms with Crippen LogP contribution in [0.1, 0.15) is 13.7 Å². The van der Waals surface area contributed by atoms with E-state index in [1.807, 2.05) is 77.4 Å². The molecule has 0 aliphatic rings. The summed E-state index contributed by atoms with van der Waals surface area (Å²) in [5, 5.41) is 1.83. The number of anilines is 3. The van der Waals surface area contributed by atoms with Crippen molar-refractivity contribution in [2.24, 2.45) is 0 Å². The lowest BCUT2D eigenvalue weighted by atomic mass is 9.93. The molecule has 0 spiro atoms. The average Bonchev–Trinajstić information content (AvgIpc) is 3.75. The van der Waals surface area contributed by atoms with Gasteiger partial charge >= 0.3 is 0 Å². The van der Waals surface area contributed by atoms with E-state index in [0.29, 0.717) is 5.69 Å². The molecule has 11 aromatic rings. The Morgan fingerprint density at radius 3 is 1.61 bits per heavy atom. The monoisotopic (exact) mass is 800 g/mol. The van der Waals surface area contributed by atoms with E-state index in [4.69, 9.17) is 13.7 Å². The van der Waals surface area contributed by atoms with E-state index in [2.05, 4.69) is 108 Å². The SMILES string of the molecule is [2H]c1c([2H])c([2H])c(-c2ccc(-n3c4ccccc4c4ccc(-c5ccccc5-c5ccc(N(c6ccccc6)c6cccc(-c7ccccc7)c6)cc5)cc43)c(-c3c([2H])c([2H])c([2H])c([2H])c3[2H])c2)c([2H])c1[2H]. The second-order valence-electron chi connectivity index (χ2n) is 15.0. The van der Waals surface area contributed by atoms with Gasteiger partial charge in [0.15, 0.2) is 0 Å². The lowest BCUT2D eigenvalue weighted by Gasteiger charge is -2.26. The van der Waals surface area contributed by atoms with Gasteiger partial charge in [-0.05, 0) is 111 Å². The minimum Gasteiger partial charge on any atom is -0.310 e. The molecular weight excluding hydrogens is 749 g/mol. The highest BCUT2D eigenvalue weighted by molar-refractivity contribution is 6.11. The third-order valence-electron chi connectivity index (χ3n) is 11.4. The molecule has 0 bridgehead atoms. The third-order valence-corrected chi connectivity index (χ3v) is 11.4. The Bertz CT molecular complexity index is 3870. The minimum atomic E-state index is -0.547. The van der Waals surface area contributed by atoms with Gasteiger partial charge in [-0.2, -0.15) is 0 Å². The first-order chi connectivity index (χ1) is 34.9. The van der Waals surface area contributed by atoms with Crippen LogP contribution in [-0.4, -0.2) is 4.57 Å². The smallest absolute Gasteiger partial charge is 0.0629 e. The molecular formula is C60H42N2. The maximum atomic E-state index is 9.15. The number of aromatic nitrogens is 1. The van der Waals surface area contributed by atoms with Crippen molar-refractivity contribution in [2.75, 3.05) is 4.90 Å². The molecule has 2 heteroatoms. The van der Waals surface area contributed by atoms with E-state index < -0.39 is 60.4 Å². The highest BCUT2D eigenvalue weighted by Crippen LogP contribution is 2.42. The van der Waals surface area contributed by atoms with Crippen molar-refractivity contribution in [2.45, 2.75) is 0 Å². The normalized spacial score (nSPS) is 13.5. The average molecular weight is 801 g/mol. The fourth-order valence-corrected chi connectivity index (χ4v) is 8.52. The number of hydrogen-bond acceptors (Lipinski definition) is 1. The maximum absolute atomic E-state index is 9.15. The van der Waals surface area contributed by atoms with Gasteiger partial charge in [0, 0.05) is 33.4 Å². The van der Waals surface area contributed by atoms with Gasteiger partial charge in [0.1, 0.15) is 0 Å². The molecule has 0 aliphatic carbocycles. The molecule has 292 valence electrons. The summed E-state index contributed by atoms with van der Waals surface area (Å²) >= 11 is 0. The molecule has 2 nitrogen and oxygen atoms in total. The third kappa shape index (κ3) is 6.84. The van der Waals surface area contributed by atoms with E-state index in [1.165, 1.54) is 0 Å². The topological polar surface area (TPSA) is 8.17 Å². The van der Waals surface area contributed by atoms with Crippen molar-refractivity contribution < 1.29 is 13.7 Å². The molecule has 1 heterocycles. The van der Waals surface area contributed by atoms with Crippen LogP contribution in [0.25, 0.3) is 83.1 Å². The van der Waals surface area contributed by atoms with Crippen LogP contribution in [-0.2, 0) is 0 Å². The second kappa shape index (κ2) is 16.1. The van der Waals surface area contributed by atoms with Crippen LogP contribution in [0.15, 0.2) is 255 Å². The van der Waals surface area contributed by atoms with Gasteiger partial charge in [-0.15, -0.1) is 0 Å².